The zero-order chi connectivity index (χ0) is 12.6. The lowest BCUT2D eigenvalue weighted by molar-refractivity contribution is 0.0899. The number of carbonyl (C=O) groups is 1. The summed E-state index contributed by atoms with van der Waals surface area (Å²) in [4.78, 5) is 12.6. The van der Waals surface area contributed by atoms with E-state index >= 15 is 0 Å². The van der Waals surface area contributed by atoms with Crippen LogP contribution in [0.3, 0.4) is 0 Å². The van der Waals surface area contributed by atoms with E-state index in [9.17, 15) is 4.79 Å². The van der Waals surface area contributed by atoms with Gasteiger partial charge in [-0.3, -0.25) is 4.79 Å². The third kappa shape index (κ3) is 2.14. The molecule has 1 aromatic rings. The number of benzene rings is 1. The topological polar surface area (TPSA) is 29.1 Å². The van der Waals surface area contributed by atoms with Gasteiger partial charge in [0, 0.05) is 17.5 Å². The molecule has 1 aromatic carbocycles. The normalized spacial score (nSPS) is 16.9. The van der Waals surface area contributed by atoms with Gasteiger partial charge >= 0.3 is 0 Å². The first-order valence-electron chi connectivity index (χ1n) is 6.27. The van der Waals surface area contributed by atoms with E-state index in [0.717, 1.165) is 30.5 Å². The molecular weight excluding hydrogens is 210 g/mol. The van der Waals surface area contributed by atoms with Crippen molar-refractivity contribution in [3.63, 3.8) is 0 Å². The fourth-order valence-electron chi connectivity index (χ4n) is 2.46. The summed E-state index contributed by atoms with van der Waals surface area (Å²) in [7, 11) is 1.92. The first kappa shape index (κ1) is 12.3. The van der Waals surface area contributed by atoms with Gasteiger partial charge in [0.2, 0.25) is 0 Å². The van der Waals surface area contributed by atoms with Crippen LogP contribution in [0.1, 0.15) is 39.9 Å². The summed E-state index contributed by atoms with van der Waals surface area (Å²) in [6.07, 6.45) is 2.05. The highest BCUT2D eigenvalue weighted by Crippen LogP contribution is 2.48. The van der Waals surface area contributed by atoms with E-state index in [1.54, 1.807) is 0 Å². The van der Waals surface area contributed by atoms with E-state index in [1.807, 2.05) is 14.0 Å². The van der Waals surface area contributed by atoms with Crippen LogP contribution in [0.15, 0.2) is 12.1 Å². The molecule has 1 N–H and O–H groups in total. The Hall–Kier alpha value is -1.15. The van der Waals surface area contributed by atoms with E-state index in [2.05, 4.69) is 31.3 Å². The maximum absolute atomic E-state index is 12.6. The average Bonchev–Trinajstić information content (AvgIpc) is 3.04. The monoisotopic (exact) mass is 231 g/mol. The molecule has 0 heterocycles. The molecule has 0 aliphatic heterocycles. The predicted molar refractivity (Wildman–Crippen MR) is 70.6 cm³/mol. The van der Waals surface area contributed by atoms with Crippen LogP contribution in [0.25, 0.3) is 0 Å². The molecule has 2 rings (SSSR count). The number of rotatable bonds is 4. The van der Waals surface area contributed by atoms with Gasteiger partial charge in [0.25, 0.3) is 0 Å². The van der Waals surface area contributed by atoms with Crippen molar-refractivity contribution >= 4 is 5.78 Å². The maximum Gasteiger partial charge on any atom is 0.170 e. The maximum atomic E-state index is 12.6. The van der Waals surface area contributed by atoms with E-state index < -0.39 is 0 Å². The van der Waals surface area contributed by atoms with Crippen LogP contribution in [0.5, 0.6) is 0 Å². The van der Waals surface area contributed by atoms with Crippen molar-refractivity contribution in [1.29, 1.82) is 0 Å². The van der Waals surface area contributed by atoms with Gasteiger partial charge in [-0.1, -0.05) is 6.07 Å². The molecule has 1 aliphatic carbocycles. The van der Waals surface area contributed by atoms with Crippen LogP contribution in [-0.4, -0.2) is 19.4 Å². The lowest BCUT2D eigenvalue weighted by Crippen LogP contribution is -2.28. The number of Topliss-reactive ketones (excluding diaryl/α,β-unsaturated/α-hetero) is 1. The minimum atomic E-state index is -0.110. The molecule has 1 saturated carbocycles. The Morgan fingerprint density at radius 1 is 1.18 bits per heavy atom. The fourth-order valence-corrected chi connectivity index (χ4v) is 2.46. The standard InChI is InChI=1S/C15H21NO/c1-10-7-12(3)13(8-11(10)2)14(17)15(5-6-15)9-16-4/h7-8,16H,5-6,9H2,1-4H3. The molecule has 0 unspecified atom stereocenters. The van der Waals surface area contributed by atoms with Crippen molar-refractivity contribution in [2.45, 2.75) is 33.6 Å². The highest BCUT2D eigenvalue weighted by Gasteiger charge is 2.49. The van der Waals surface area contributed by atoms with Gasteiger partial charge in [-0.05, 0) is 63.4 Å². The molecular formula is C15H21NO. The van der Waals surface area contributed by atoms with Crippen molar-refractivity contribution in [3.05, 3.63) is 34.4 Å². The van der Waals surface area contributed by atoms with Crippen LogP contribution >= 0.6 is 0 Å². The lowest BCUT2D eigenvalue weighted by Gasteiger charge is -2.16. The molecule has 0 aromatic heterocycles. The van der Waals surface area contributed by atoms with Gasteiger partial charge in [-0.2, -0.15) is 0 Å². The Bertz CT molecular complexity index is 458. The minimum Gasteiger partial charge on any atom is -0.319 e. The average molecular weight is 231 g/mol. The molecule has 0 bridgehead atoms. The second-order valence-corrected chi connectivity index (χ2v) is 5.39. The summed E-state index contributed by atoms with van der Waals surface area (Å²) in [6, 6.07) is 4.18. The number of aryl methyl sites for hydroxylation is 3. The first-order valence-corrected chi connectivity index (χ1v) is 6.27. The smallest absolute Gasteiger partial charge is 0.170 e. The zero-order valence-electron chi connectivity index (χ0n) is 11.2. The Balaban J connectivity index is 2.35. The quantitative estimate of drug-likeness (QED) is 0.807. The third-order valence-electron chi connectivity index (χ3n) is 3.94. The van der Waals surface area contributed by atoms with Crippen LogP contribution in [-0.2, 0) is 0 Å². The molecule has 1 aliphatic rings. The number of carbonyl (C=O) groups excluding carboxylic acids is 1. The van der Waals surface area contributed by atoms with Crippen LogP contribution in [0, 0.1) is 26.2 Å². The summed E-state index contributed by atoms with van der Waals surface area (Å²) >= 11 is 0. The summed E-state index contributed by atoms with van der Waals surface area (Å²) in [5, 5.41) is 3.15. The largest absolute Gasteiger partial charge is 0.319 e. The SMILES string of the molecule is CNCC1(C(=O)c2cc(C)c(C)cc2C)CC1. The highest BCUT2D eigenvalue weighted by molar-refractivity contribution is 6.03. The Morgan fingerprint density at radius 3 is 2.29 bits per heavy atom. The number of hydrogen-bond donors (Lipinski definition) is 1. The van der Waals surface area contributed by atoms with Gasteiger partial charge in [0.1, 0.15) is 0 Å². The summed E-state index contributed by atoms with van der Waals surface area (Å²) in [6.45, 7) is 7.01. The summed E-state index contributed by atoms with van der Waals surface area (Å²) < 4.78 is 0. The second kappa shape index (κ2) is 4.26. The van der Waals surface area contributed by atoms with Gasteiger partial charge in [-0.25, -0.2) is 0 Å². The van der Waals surface area contributed by atoms with Crippen molar-refractivity contribution in [2.24, 2.45) is 5.41 Å². The first-order chi connectivity index (χ1) is 8.00. The third-order valence-corrected chi connectivity index (χ3v) is 3.94. The Labute approximate surface area is 103 Å². The van der Waals surface area contributed by atoms with Gasteiger partial charge < -0.3 is 5.32 Å². The molecule has 0 atom stereocenters. The van der Waals surface area contributed by atoms with Gasteiger partial charge in [0.05, 0.1) is 0 Å². The number of ketones is 1. The van der Waals surface area contributed by atoms with Crippen molar-refractivity contribution in [1.82, 2.24) is 5.32 Å². The van der Waals surface area contributed by atoms with Crippen LogP contribution in [0.4, 0.5) is 0 Å². The van der Waals surface area contributed by atoms with Crippen LogP contribution < -0.4 is 5.32 Å². The molecule has 1 fully saturated rings. The molecule has 0 saturated heterocycles. The molecule has 17 heavy (non-hydrogen) atoms. The summed E-state index contributed by atoms with van der Waals surface area (Å²) in [5.74, 6) is 0.326. The van der Waals surface area contributed by atoms with Crippen molar-refractivity contribution in [3.8, 4) is 0 Å². The highest BCUT2D eigenvalue weighted by atomic mass is 16.1. The van der Waals surface area contributed by atoms with E-state index in [1.165, 1.54) is 11.1 Å². The minimum absolute atomic E-state index is 0.110. The molecule has 0 radical (unpaired) electrons. The molecule has 0 spiro atoms. The van der Waals surface area contributed by atoms with Gasteiger partial charge in [0.15, 0.2) is 5.78 Å². The lowest BCUT2D eigenvalue weighted by atomic mass is 9.89. The molecule has 2 nitrogen and oxygen atoms in total. The fraction of sp³-hybridized carbons (Fsp3) is 0.533. The van der Waals surface area contributed by atoms with Crippen molar-refractivity contribution in [2.75, 3.05) is 13.6 Å². The Morgan fingerprint density at radius 2 is 1.76 bits per heavy atom. The van der Waals surface area contributed by atoms with E-state index in [4.69, 9.17) is 0 Å². The van der Waals surface area contributed by atoms with Gasteiger partial charge in [-0.15, -0.1) is 0 Å². The second-order valence-electron chi connectivity index (χ2n) is 5.39. The zero-order valence-corrected chi connectivity index (χ0v) is 11.2. The van der Waals surface area contributed by atoms with Crippen LogP contribution in [0.2, 0.25) is 0 Å². The molecule has 92 valence electrons. The molecule has 2 heteroatoms. The van der Waals surface area contributed by atoms with Crippen molar-refractivity contribution < 1.29 is 4.79 Å². The predicted octanol–water partition coefficient (Wildman–Crippen LogP) is 2.79. The number of nitrogens with one attached hydrogen (secondary N) is 1. The Kier molecular flexibility index (Phi) is 3.09. The molecule has 0 amide bonds. The van der Waals surface area contributed by atoms with E-state index in [-0.39, 0.29) is 5.41 Å². The number of hydrogen-bond acceptors (Lipinski definition) is 2. The van der Waals surface area contributed by atoms with E-state index in [0.29, 0.717) is 5.78 Å². The summed E-state index contributed by atoms with van der Waals surface area (Å²) in [5.41, 5.74) is 4.39.